The zero-order chi connectivity index (χ0) is 17.5. The molecule has 2 aromatic rings. The van der Waals surface area contributed by atoms with Crippen molar-refractivity contribution in [3.05, 3.63) is 54.1 Å². The molecule has 128 valence electrons. The van der Waals surface area contributed by atoms with Gasteiger partial charge in [-0.2, -0.15) is 0 Å². The van der Waals surface area contributed by atoms with Crippen LogP contribution in [-0.4, -0.2) is 20.1 Å². The lowest BCUT2D eigenvalue weighted by atomic mass is 9.85. The predicted octanol–water partition coefficient (Wildman–Crippen LogP) is 4.47. The number of amides is 1. The molecule has 0 aliphatic carbocycles. The number of benzene rings is 2. The molecule has 0 aliphatic rings. The van der Waals surface area contributed by atoms with Gasteiger partial charge in [-0.15, -0.1) is 0 Å². The van der Waals surface area contributed by atoms with Gasteiger partial charge in [0.15, 0.2) is 11.5 Å². The summed E-state index contributed by atoms with van der Waals surface area (Å²) in [5, 5.41) is 3.01. The Bertz CT molecular complexity index is 670. The van der Waals surface area contributed by atoms with Crippen molar-refractivity contribution in [2.24, 2.45) is 5.92 Å². The first-order valence-electron chi connectivity index (χ1n) is 8.18. The van der Waals surface area contributed by atoms with Crippen LogP contribution in [0.5, 0.6) is 11.5 Å². The summed E-state index contributed by atoms with van der Waals surface area (Å²) in [4.78, 5) is 12.9. The van der Waals surface area contributed by atoms with Crippen LogP contribution in [0.15, 0.2) is 48.5 Å². The van der Waals surface area contributed by atoms with Crippen LogP contribution in [0, 0.1) is 5.92 Å². The predicted molar refractivity (Wildman–Crippen MR) is 96.8 cm³/mol. The Labute approximate surface area is 143 Å². The Morgan fingerprint density at radius 1 is 1.04 bits per heavy atom. The maximum Gasteiger partial charge on any atom is 0.232 e. The minimum absolute atomic E-state index is 0.0113. The molecule has 4 nitrogen and oxygen atoms in total. The number of rotatable bonds is 7. The fraction of sp³-hybridized carbons (Fsp3) is 0.350. The van der Waals surface area contributed by atoms with Gasteiger partial charge in [-0.1, -0.05) is 50.6 Å². The van der Waals surface area contributed by atoms with E-state index < -0.39 is 0 Å². The van der Waals surface area contributed by atoms with Gasteiger partial charge >= 0.3 is 0 Å². The lowest BCUT2D eigenvalue weighted by Gasteiger charge is -2.23. The third-order valence-corrected chi connectivity index (χ3v) is 4.31. The summed E-state index contributed by atoms with van der Waals surface area (Å²) in [5.74, 6) is 1.27. The van der Waals surface area contributed by atoms with E-state index in [1.54, 1.807) is 26.4 Å². The van der Waals surface area contributed by atoms with Crippen LogP contribution >= 0.6 is 0 Å². The van der Waals surface area contributed by atoms with Crippen molar-refractivity contribution in [2.45, 2.75) is 26.2 Å². The van der Waals surface area contributed by atoms with E-state index in [1.165, 1.54) is 0 Å². The fourth-order valence-corrected chi connectivity index (χ4v) is 2.77. The van der Waals surface area contributed by atoms with Crippen LogP contribution in [0.1, 0.15) is 31.7 Å². The van der Waals surface area contributed by atoms with Crippen LogP contribution in [0.25, 0.3) is 0 Å². The molecule has 0 saturated heterocycles. The minimum atomic E-state index is -0.190. The smallest absolute Gasteiger partial charge is 0.232 e. The van der Waals surface area contributed by atoms with Gasteiger partial charge in [0.05, 0.1) is 20.1 Å². The van der Waals surface area contributed by atoms with Gasteiger partial charge in [-0.05, 0) is 23.6 Å². The molecule has 0 unspecified atom stereocenters. The standard InChI is InChI=1S/C20H25NO3/c1-5-14(2)19(15-9-7-6-8-10-15)20(22)21-16-11-12-17(23-3)18(13-16)24-4/h6-14,19H,5H2,1-4H3,(H,21,22)/t14-,19+/m1/s1. The highest BCUT2D eigenvalue weighted by Gasteiger charge is 2.26. The van der Waals surface area contributed by atoms with Crippen LogP contribution in [-0.2, 0) is 4.79 Å². The topological polar surface area (TPSA) is 47.6 Å². The molecular formula is C20H25NO3. The van der Waals surface area contributed by atoms with Crippen molar-refractivity contribution in [1.82, 2.24) is 0 Å². The van der Waals surface area contributed by atoms with E-state index in [-0.39, 0.29) is 17.7 Å². The van der Waals surface area contributed by atoms with Gasteiger partial charge in [0, 0.05) is 11.8 Å². The highest BCUT2D eigenvalue weighted by Crippen LogP contribution is 2.32. The molecule has 0 bridgehead atoms. The van der Waals surface area contributed by atoms with Crippen LogP contribution in [0.4, 0.5) is 5.69 Å². The van der Waals surface area contributed by atoms with Gasteiger partial charge in [-0.25, -0.2) is 0 Å². The maximum atomic E-state index is 12.9. The Morgan fingerprint density at radius 2 is 1.71 bits per heavy atom. The number of carbonyl (C=O) groups excluding carboxylic acids is 1. The number of nitrogens with one attached hydrogen (secondary N) is 1. The van der Waals surface area contributed by atoms with E-state index in [0.717, 1.165) is 12.0 Å². The normalized spacial score (nSPS) is 13.0. The zero-order valence-corrected chi connectivity index (χ0v) is 14.7. The molecule has 4 heteroatoms. The number of anilines is 1. The zero-order valence-electron chi connectivity index (χ0n) is 14.7. The Morgan fingerprint density at radius 3 is 2.29 bits per heavy atom. The molecule has 0 aromatic heterocycles. The maximum absolute atomic E-state index is 12.9. The molecule has 2 rings (SSSR count). The molecule has 2 aromatic carbocycles. The summed E-state index contributed by atoms with van der Waals surface area (Å²) in [5.41, 5.74) is 1.73. The third kappa shape index (κ3) is 4.07. The average molecular weight is 327 g/mol. The van der Waals surface area contributed by atoms with Crippen LogP contribution in [0.3, 0.4) is 0 Å². The van der Waals surface area contributed by atoms with Gasteiger partial charge in [-0.3, -0.25) is 4.79 Å². The van der Waals surface area contributed by atoms with Crippen molar-refractivity contribution in [3.8, 4) is 11.5 Å². The number of carbonyl (C=O) groups is 1. The monoisotopic (exact) mass is 327 g/mol. The number of hydrogen-bond acceptors (Lipinski definition) is 3. The quantitative estimate of drug-likeness (QED) is 0.816. The molecule has 0 aliphatic heterocycles. The Balaban J connectivity index is 2.25. The van der Waals surface area contributed by atoms with Gasteiger partial charge < -0.3 is 14.8 Å². The van der Waals surface area contributed by atoms with Crippen LogP contribution in [0.2, 0.25) is 0 Å². The first-order valence-corrected chi connectivity index (χ1v) is 8.18. The van der Waals surface area contributed by atoms with E-state index in [4.69, 9.17) is 9.47 Å². The second-order valence-electron chi connectivity index (χ2n) is 5.83. The van der Waals surface area contributed by atoms with E-state index >= 15 is 0 Å². The molecule has 1 N–H and O–H groups in total. The molecule has 0 fully saturated rings. The first kappa shape index (κ1) is 17.9. The first-order chi connectivity index (χ1) is 11.6. The second-order valence-corrected chi connectivity index (χ2v) is 5.83. The summed E-state index contributed by atoms with van der Waals surface area (Å²) in [6.07, 6.45) is 0.929. The van der Waals surface area contributed by atoms with Crippen molar-refractivity contribution >= 4 is 11.6 Å². The highest BCUT2D eigenvalue weighted by molar-refractivity contribution is 5.96. The molecule has 2 atom stereocenters. The van der Waals surface area contributed by atoms with Gasteiger partial charge in [0.1, 0.15) is 0 Å². The van der Waals surface area contributed by atoms with Crippen LogP contribution < -0.4 is 14.8 Å². The molecule has 0 spiro atoms. The van der Waals surface area contributed by atoms with E-state index in [0.29, 0.717) is 17.2 Å². The summed E-state index contributed by atoms with van der Waals surface area (Å²) >= 11 is 0. The van der Waals surface area contributed by atoms with Crippen molar-refractivity contribution in [2.75, 3.05) is 19.5 Å². The van der Waals surface area contributed by atoms with E-state index in [9.17, 15) is 4.79 Å². The Hall–Kier alpha value is -2.49. The SMILES string of the molecule is CC[C@@H](C)[C@H](C(=O)Nc1ccc(OC)c(OC)c1)c1ccccc1. The highest BCUT2D eigenvalue weighted by atomic mass is 16.5. The second kappa shape index (κ2) is 8.39. The molecule has 0 saturated carbocycles. The number of hydrogen-bond donors (Lipinski definition) is 1. The molecule has 24 heavy (non-hydrogen) atoms. The van der Waals surface area contributed by atoms with Crippen molar-refractivity contribution in [1.29, 1.82) is 0 Å². The minimum Gasteiger partial charge on any atom is -0.493 e. The van der Waals surface area contributed by atoms with Gasteiger partial charge in [0.25, 0.3) is 0 Å². The summed E-state index contributed by atoms with van der Waals surface area (Å²) in [7, 11) is 3.17. The van der Waals surface area contributed by atoms with Crippen molar-refractivity contribution in [3.63, 3.8) is 0 Å². The van der Waals surface area contributed by atoms with Crippen molar-refractivity contribution < 1.29 is 14.3 Å². The number of ether oxygens (including phenoxy) is 2. The van der Waals surface area contributed by atoms with Gasteiger partial charge in [0.2, 0.25) is 5.91 Å². The Kier molecular flexibility index (Phi) is 6.24. The van der Waals surface area contributed by atoms with E-state index in [1.807, 2.05) is 36.4 Å². The molecule has 0 heterocycles. The summed E-state index contributed by atoms with van der Waals surface area (Å²) < 4.78 is 10.5. The molecular weight excluding hydrogens is 302 g/mol. The largest absolute Gasteiger partial charge is 0.493 e. The molecule has 1 amide bonds. The third-order valence-electron chi connectivity index (χ3n) is 4.31. The summed E-state index contributed by atoms with van der Waals surface area (Å²) in [6.45, 7) is 4.20. The summed E-state index contributed by atoms with van der Waals surface area (Å²) in [6, 6.07) is 15.3. The fourth-order valence-electron chi connectivity index (χ4n) is 2.77. The lowest BCUT2D eigenvalue weighted by molar-refractivity contribution is -0.118. The average Bonchev–Trinajstić information content (AvgIpc) is 2.62. The van der Waals surface area contributed by atoms with E-state index in [2.05, 4.69) is 19.2 Å². The molecule has 0 radical (unpaired) electrons. The lowest BCUT2D eigenvalue weighted by Crippen LogP contribution is -2.26. The number of methoxy groups -OCH3 is 2.